The predicted molar refractivity (Wildman–Crippen MR) is 114 cm³/mol. The fourth-order valence-electron chi connectivity index (χ4n) is 4.34. The quantitative estimate of drug-likeness (QED) is 0.646. The van der Waals surface area contributed by atoms with Crippen LogP contribution in [0.2, 0.25) is 0 Å². The summed E-state index contributed by atoms with van der Waals surface area (Å²) >= 11 is 0. The minimum absolute atomic E-state index is 0.0153. The summed E-state index contributed by atoms with van der Waals surface area (Å²) in [6, 6.07) is 11.8. The van der Waals surface area contributed by atoms with E-state index in [1.807, 2.05) is 64.6 Å². The van der Waals surface area contributed by atoms with Crippen LogP contribution >= 0.6 is 0 Å². The van der Waals surface area contributed by atoms with E-state index in [-0.39, 0.29) is 24.2 Å². The Bertz CT molecular complexity index is 1030. The molecule has 1 aromatic carbocycles. The lowest BCUT2D eigenvalue weighted by Crippen LogP contribution is -2.31. The highest BCUT2D eigenvalue weighted by molar-refractivity contribution is 5.94. The van der Waals surface area contributed by atoms with Crippen molar-refractivity contribution < 1.29 is 14.3 Å². The van der Waals surface area contributed by atoms with Gasteiger partial charge in [0.15, 0.2) is 0 Å². The van der Waals surface area contributed by atoms with Gasteiger partial charge in [0, 0.05) is 36.7 Å². The largest absolute Gasteiger partial charge is 0.371 e. The Morgan fingerprint density at radius 2 is 1.81 bits per heavy atom. The Morgan fingerprint density at radius 3 is 2.39 bits per heavy atom. The third-order valence-electron chi connectivity index (χ3n) is 6.04. The van der Waals surface area contributed by atoms with Crippen LogP contribution in [0.25, 0.3) is 0 Å². The maximum Gasteiger partial charge on any atom is 0.254 e. The zero-order valence-corrected chi connectivity index (χ0v) is 17.8. The van der Waals surface area contributed by atoms with Gasteiger partial charge in [-0.1, -0.05) is 12.1 Å². The number of carbonyl (C=O) groups is 1. The summed E-state index contributed by atoms with van der Waals surface area (Å²) in [6.45, 7) is 6.89. The van der Waals surface area contributed by atoms with Gasteiger partial charge >= 0.3 is 0 Å². The maximum absolute atomic E-state index is 13.0. The lowest BCUT2D eigenvalue weighted by atomic mass is 10.1. The number of ether oxygens (including phenoxy) is 2. The first-order chi connectivity index (χ1) is 15.1. The molecule has 2 fully saturated rings. The molecule has 2 atom stereocenters. The number of rotatable bonds is 4. The molecule has 0 saturated carbocycles. The third kappa shape index (κ3) is 4.13. The number of benzene rings is 1. The van der Waals surface area contributed by atoms with Gasteiger partial charge in [-0.25, -0.2) is 0 Å². The SMILES string of the molecule is Cc1cc(C)n(Cc2ccc(C(=O)N3C[C@@H]4OCC(n5cccn5)CO[C@H]4C3)cc2)n1. The molecular weight excluding hydrogens is 394 g/mol. The second-order valence-electron chi connectivity index (χ2n) is 8.38. The van der Waals surface area contributed by atoms with Crippen LogP contribution < -0.4 is 0 Å². The number of fused-ring (bicyclic) bond motifs is 1. The first-order valence-corrected chi connectivity index (χ1v) is 10.7. The summed E-state index contributed by atoms with van der Waals surface area (Å²) in [5.74, 6) is 0.0153. The molecule has 0 bridgehead atoms. The number of amides is 1. The zero-order valence-electron chi connectivity index (χ0n) is 17.8. The molecule has 162 valence electrons. The van der Waals surface area contributed by atoms with Gasteiger partial charge in [-0.15, -0.1) is 0 Å². The van der Waals surface area contributed by atoms with E-state index in [4.69, 9.17) is 9.47 Å². The molecule has 4 heterocycles. The van der Waals surface area contributed by atoms with Crippen LogP contribution in [0.4, 0.5) is 0 Å². The number of nitrogens with zero attached hydrogens (tertiary/aromatic N) is 5. The number of aromatic nitrogens is 4. The molecule has 0 aliphatic carbocycles. The second-order valence-corrected chi connectivity index (χ2v) is 8.38. The lowest BCUT2D eigenvalue weighted by Gasteiger charge is -2.19. The van der Waals surface area contributed by atoms with Crippen molar-refractivity contribution in [2.75, 3.05) is 26.3 Å². The molecule has 0 radical (unpaired) electrons. The van der Waals surface area contributed by atoms with Gasteiger partial charge < -0.3 is 14.4 Å². The third-order valence-corrected chi connectivity index (χ3v) is 6.04. The Morgan fingerprint density at radius 1 is 1.10 bits per heavy atom. The van der Waals surface area contributed by atoms with Crippen molar-refractivity contribution >= 4 is 5.91 Å². The van der Waals surface area contributed by atoms with E-state index in [2.05, 4.69) is 16.3 Å². The number of hydrogen-bond donors (Lipinski definition) is 0. The van der Waals surface area contributed by atoms with Gasteiger partial charge in [0.1, 0.15) is 12.2 Å². The molecule has 8 nitrogen and oxygen atoms in total. The van der Waals surface area contributed by atoms with Crippen molar-refractivity contribution in [1.82, 2.24) is 24.5 Å². The molecule has 3 aromatic rings. The molecule has 1 amide bonds. The summed E-state index contributed by atoms with van der Waals surface area (Å²) in [4.78, 5) is 14.9. The van der Waals surface area contributed by atoms with E-state index in [9.17, 15) is 4.79 Å². The monoisotopic (exact) mass is 421 g/mol. The Labute approximate surface area is 181 Å². The molecule has 0 N–H and O–H groups in total. The molecular formula is C23H27N5O3. The van der Waals surface area contributed by atoms with Crippen LogP contribution in [0.15, 0.2) is 48.8 Å². The van der Waals surface area contributed by atoms with Crippen LogP contribution in [-0.4, -0.2) is 68.9 Å². The number of likely N-dealkylation sites (tertiary alicyclic amines) is 1. The van der Waals surface area contributed by atoms with Crippen molar-refractivity contribution in [3.8, 4) is 0 Å². The van der Waals surface area contributed by atoms with Crippen molar-refractivity contribution in [2.24, 2.45) is 0 Å². The molecule has 8 heteroatoms. The highest BCUT2D eigenvalue weighted by atomic mass is 16.6. The molecule has 2 aliphatic heterocycles. The van der Waals surface area contributed by atoms with Crippen molar-refractivity contribution in [3.63, 3.8) is 0 Å². The zero-order chi connectivity index (χ0) is 21.4. The number of aryl methyl sites for hydroxylation is 2. The minimum atomic E-state index is -0.102. The van der Waals surface area contributed by atoms with Crippen LogP contribution in [0.1, 0.15) is 33.4 Å². The Kier molecular flexibility index (Phi) is 5.33. The Balaban J connectivity index is 1.20. The average Bonchev–Trinajstić information content (AvgIpc) is 3.48. The van der Waals surface area contributed by atoms with E-state index in [1.165, 1.54) is 0 Å². The second kappa shape index (κ2) is 8.28. The molecule has 0 spiro atoms. The first kappa shape index (κ1) is 20.0. The molecule has 2 aromatic heterocycles. The molecule has 31 heavy (non-hydrogen) atoms. The minimum Gasteiger partial charge on any atom is -0.371 e. The maximum atomic E-state index is 13.0. The van der Waals surface area contributed by atoms with Crippen molar-refractivity contribution in [2.45, 2.75) is 38.6 Å². The van der Waals surface area contributed by atoms with Gasteiger partial charge in [0.05, 0.1) is 31.5 Å². The molecule has 2 saturated heterocycles. The predicted octanol–water partition coefficient (Wildman–Crippen LogP) is 2.23. The highest BCUT2D eigenvalue weighted by Gasteiger charge is 2.39. The highest BCUT2D eigenvalue weighted by Crippen LogP contribution is 2.25. The number of hydrogen-bond acceptors (Lipinski definition) is 5. The summed E-state index contributed by atoms with van der Waals surface area (Å²) in [6.07, 6.45) is 3.48. The van der Waals surface area contributed by atoms with Crippen LogP contribution in [0, 0.1) is 13.8 Å². The van der Waals surface area contributed by atoms with Crippen LogP contribution in [-0.2, 0) is 16.0 Å². The fourth-order valence-corrected chi connectivity index (χ4v) is 4.34. The average molecular weight is 422 g/mol. The van der Waals surface area contributed by atoms with Crippen LogP contribution in [0.3, 0.4) is 0 Å². The normalized spacial score (nSPS) is 21.8. The van der Waals surface area contributed by atoms with Gasteiger partial charge in [0.2, 0.25) is 0 Å². The molecule has 2 aliphatic rings. The fraction of sp³-hybridized carbons (Fsp3) is 0.435. The van der Waals surface area contributed by atoms with Gasteiger partial charge in [-0.2, -0.15) is 10.2 Å². The van der Waals surface area contributed by atoms with Gasteiger partial charge in [-0.05, 0) is 43.7 Å². The van der Waals surface area contributed by atoms with Gasteiger partial charge in [-0.3, -0.25) is 14.2 Å². The van der Waals surface area contributed by atoms with Crippen molar-refractivity contribution in [1.29, 1.82) is 0 Å². The summed E-state index contributed by atoms with van der Waals surface area (Å²) < 4.78 is 16.0. The van der Waals surface area contributed by atoms with E-state index < -0.39 is 0 Å². The van der Waals surface area contributed by atoms with E-state index in [1.54, 1.807) is 6.20 Å². The Hall–Kier alpha value is -2.97. The summed E-state index contributed by atoms with van der Waals surface area (Å²) in [5.41, 5.74) is 3.94. The van der Waals surface area contributed by atoms with Crippen molar-refractivity contribution in [3.05, 3.63) is 71.3 Å². The van der Waals surface area contributed by atoms with E-state index in [0.717, 1.165) is 17.0 Å². The summed E-state index contributed by atoms with van der Waals surface area (Å²) in [5, 5.41) is 8.79. The molecule has 5 rings (SSSR count). The van der Waals surface area contributed by atoms with E-state index in [0.29, 0.717) is 38.4 Å². The smallest absolute Gasteiger partial charge is 0.254 e. The standard InChI is InChI=1S/C23H27N5O3/c1-16-10-17(2)28(25-16)11-18-4-6-19(7-5-18)23(29)26-12-21-22(13-26)31-15-20(14-30-21)27-9-3-8-24-27/h3-10,20-22H,11-15H2,1-2H3/t21-,22-/m0/s1. The molecule has 0 unspecified atom stereocenters. The summed E-state index contributed by atoms with van der Waals surface area (Å²) in [7, 11) is 0. The van der Waals surface area contributed by atoms with E-state index >= 15 is 0 Å². The lowest BCUT2D eigenvalue weighted by molar-refractivity contribution is -0.00461. The topological polar surface area (TPSA) is 74.4 Å². The van der Waals surface area contributed by atoms with Crippen LogP contribution in [0.5, 0.6) is 0 Å². The first-order valence-electron chi connectivity index (χ1n) is 10.7. The van der Waals surface area contributed by atoms with Gasteiger partial charge in [0.25, 0.3) is 5.91 Å². The number of carbonyl (C=O) groups excluding carboxylic acids is 1.